The summed E-state index contributed by atoms with van der Waals surface area (Å²) >= 11 is 6.77. The van der Waals surface area contributed by atoms with Crippen molar-refractivity contribution in [3.05, 3.63) is 86.9 Å². The molecule has 0 saturated carbocycles. The van der Waals surface area contributed by atoms with Crippen LogP contribution in [0.5, 0.6) is 17.2 Å². The first-order valence-corrected chi connectivity index (χ1v) is 11.7. The maximum Gasteiger partial charge on any atom is 0.251 e. The van der Waals surface area contributed by atoms with Gasteiger partial charge in [-0.1, -0.05) is 15.9 Å². The number of methoxy groups -OCH3 is 2. The average molecular weight is 584 g/mol. The van der Waals surface area contributed by atoms with Crippen molar-refractivity contribution >= 4 is 50.2 Å². The van der Waals surface area contributed by atoms with Crippen LogP contribution in [0.3, 0.4) is 0 Å². The molecule has 1 heterocycles. The Balaban J connectivity index is 1.71. The fourth-order valence-corrected chi connectivity index (χ4v) is 4.32. The van der Waals surface area contributed by atoms with Gasteiger partial charge in [0.1, 0.15) is 17.2 Å². The average Bonchev–Trinajstić information content (AvgIpc) is 3.27. The summed E-state index contributed by atoms with van der Waals surface area (Å²) < 4.78 is 13.4. The summed E-state index contributed by atoms with van der Waals surface area (Å²) in [5, 5.41) is 14.9. The molecule has 0 aliphatic rings. The zero-order valence-electron chi connectivity index (χ0n) is 18.3. The fraction of sp³-hybridized carbons (Fsp3) is 0.0800. The Morgan fingerprint density at radius 1 is 0.912 bits per heavy atom. The summed E-state index contributed by atoms with van der Waals surface area (Å²) in [6.45, 7) is 0. The molecule has 0 aliphatic carbocycles. The standard InChI is InChI=1S/C25H20Br2N4O3/c1-33-20-7-3-16(4-8-20)13-29-31-15-23(17-5-9-21(34-2)10-6-17)30-25(31)28-14-18-11-19(26)12-22(27)24(18)32/h3-15,32H,1-2H3. The highest BCUT2D eigenvalue weighted by molar-refractivity contribution is 9.11. The highest BCUT2D eigenvalue weighted by atomic mass is 79.9. The summed E-state index contributed by atoms with van der Waals surface area (Å²) in [5.41, 5.74) is 3.01. The molecule has 4 aromatic rings. The molecule has 0 radical (unpaired) electrons. The number of phenolic OH excluding ortho intramolecular Hbond substituents is 1. The number of ether oxygens (including phenoxy) is 2. The molecule has 34 heavy (non-hydrogen) atoms. The van der Waals surface area contributed by atoms with Gasteiger partial charge in [-0.25, -0.2) is 14.7 Å². The summed E-state index contributed by atoms with van der Waals surface area (Å²) in [7, 11) is 3.25. The Morgan fingerprint density at radius 3 is 2.21 bits per heavy atom. The number of phenols is 1. The van der Waals surface area contributed by atoms with Crippen LogP contribution in [0.25, 0.3) is 11.3 Å². The Morgan fingerprint density at radius 2 is 1.56 bits per heavy atom. The first-order chi connectivity index (χ1) is 16.5. The minimum absolute atomic E-state index is 0.0853. The predicted octanol–water partition coefficient (Wildman–Crippen LogP) is 6.43. The van der Waals surface area contributed by atoms with E-state index in [2.05, 4.69) is 46.9 Å². The van der Waals surface area contributed by atoms with Gasteiger partial charge in [0.2, 0.25) is 0 Å². The number of benzene rings is 3. The lowest BCUT2D eigenvalue weighted by Gasteiger charge is -2.03. The number of nitrogens with zero attached hydrogens (tertiary/aromatic N) is 4. The minimum atomic E-state index is 0.0853. The van der Waals surface area contributed by atoms with Gasteiger partial charge >= 0.3 is 0 Å². The highest BCUT2D eigenvalue weighted by Crippen LogP contribution is 2.31. The molecule has 0 unspecified atom stereocenters. The largest absolute Gasteiger partial charge is 0.506 e. The molecule has 9 heteroatoms. The molecule has 4 rings (SSSR count). The number of aromatic nitrogens is 2. The lowest BCUT2D eigenvalue weighted by atomic mass is 10.2. The monoisotopic (exact) mass is 582 g/mol. The minimum Gasteiger partial charge on any atom is -0.506 e. The van der Waals surface area contributed by atoms with Crippen molar-refractivity contribution in [2.45, 2.75) is 0 Å². The van der Waals surface area contributed by atoms with E-state index in [1.54, 1.807) is 49.7 Å². The van der Waals surface area contributed by atoms with Crippen molar-refractivity contribution in [1.29, 1.82) is 0 Å². The summed E-state index contributed by atoms with van der Waals surface area (Å²) in [6, 6.07) is 18.6. The summed E-state index contributed by atoms with van der Waals surface area (Å²) in [4.78, 5) is 9.16. The van der Waals surface area contributed by atoms with Gasteiger partial charge in [-0.15, -0.1) is 0 Å². The van der Waals surface area contributed by atoms with Gasteiger partial charge in [0.05, 0.1) is 36.8 Å². The molecule has 1 aromatic heterocycles. The van der Waals surface area contributed by atoms with Crippen LogP contribution in [0.2, 0.25) is 0 Å². The van der Waals surface area contributed by atoms with E-state index in [9.17, 15) is 5.11 Å². The molecule has 0 saturated heterocycles. The third-order valence-electron chi connectivity index (χ3n) is 4.88. The number of aromatic hydroxyl groups is 1. The highest BCUT2D eigenvalue weighted by Gasteiger charge is 2.10. The van der Waals surface area contributed by atoms with E-state index in [4.69, 9.17) is 9.47 Å². The second-order valence-corrected chi connectivity index (χ2v) is 8.87. The van der Waals surface area contributed by atoms with Crippen molar-refractivity contribution in [1.82, 2.24) is 9.66 Å². The molecule has 0 amide bonds. The normalized spacial score (nSPS) is 11.4. The van der Waals surface area contributed by atoms with Gasteiger partial charge in [0.25, 0.3) is 5.95 Å². The van der Waals surface area contributed by atoms with Crippen molar-refractivity contribution in [2.75, 3.05) is 14.2 Å². The van der Waals surface area contributed by atoms with Gasteiger partial charge in [-0.3, -0.25) is 0 Å². The molecule has 1 N–H and O–H groups in total. The van der Waals surface area contributed by atoms with E-state index in [1.807, 2.05) is 48.5 Å². The Hall–Kier alpha value is -3.43. The Kier molecular flexibility index (Phi) is 7.44. The van der Waals surface area contributed by atoms with Crippen LogP contribution in [0.4, 0.5) is 5.95 Å². The van der Waals surface area contributed by atoms with Crippen LogP contribution >= 0.6 is 31.9 Å². The van der Waals surface area contributed by atoms with Gasteiger partial charge in [-0.2, -0.15) is 5.10 Å². The van der Waals surface area contributed by atoms with E-state index < -0.39 is 0 Å². The van der Waals surface area contributed by atoms with Crippen LogP contribution in [0.15, 0.2) is 85.9 Å². The summed E-state index contributed by atoms with van der Waals surface area (Å²) in [5.74, 6) is 1.97. The van der Waals surface area contributed by atoms with Crippen LogP contribution in [0.1, 0.15) is 11.1 Å². The molecular weight excluding hydrogens is 564 g/mol. The van der Waals surface area contributed by atoms with E-state index in [1.165, 1.54) is 0 Å². The molecule has 0 fully saturated rings. The molecule has 172 valence electrons. The Labute approximate surface area is 213 Å². The smallest absolute Gasteiger partial charge is 0.251 e. The fourth-order valence-electron chi connectivity index (χ4n) is 3.07. The predicted molar refractivity (Wildman–Crippen MR) is 141 cm³/mol. The van der Waals surface area contributed by atoms with Gasteiger partial charge in [0, 0.05) is 21.8 Å². The van der Waals surface area contributed by atoms with Gasteiger partial charge in [0.15, 0.2) is 0 Å². The third kappa shape index (κ3) is 5.55. The first kappa shape index (κ1) is 23.7. The maximum absolute atomic E-state index is 10.4. The van der Waals surface area contributed by atoms with Crippen molar-refractivity contribution in [2.24, 2.45) is 10.1 Å². The van der Waals surface area contributed by atoms with Crippen LogP contribution < -0.4 is 9.47 Å². The van der Waals surface area contributed by atoms with Gasteiger partial charge in [-0.05, 0) is 82.2 Å². The molecule has 7 nitrogen and oxygen atoms in total. The van der Waals surface area contributed by atoms with Crippen LogP contribution in [-0.4, -0.2) is 41.4 Å². The maximum atomic E-state index is 10.4. The molecule has 0 bridgehead atoms. The van der Waals surface area contributed by atoms with E-state index in [0.29, 0.717) is 21.7 Å². The quantitative estimate of drug-likeness (QED) is 0.254. The van der Waals surface area contributed by atoms with Gasteiger partial charge < -0.3 is 14.6 Å². The SMILES string of the molecule is COc1ccc(C=Nn2cc(-c3ccc(OC)cc3)nc2N=Cc2cc(Br)cc(Br)c2O)cc1. The molecule has 0 atom stereocenters. The van der Waals surface area contributed by atoms with Crippen molar-refractivity contribution < 1.29 is 14.6 Å². The van der Waals surface area contributed by atoms with Crippen LogP contribution in [-0.2, 0) is 0 Å². The number of hydrogen-bond acceptors (Lipinski definition) is 6. The zero-order valence-corrected chi connectivity index (χ0v) is 21.5. The molecule has 0 aliphatic heterocycles. The molecule has 0 spiro atoms. The number of hydrogen-bond donors (Lipinski definition) is 1. The Bertz CT molecular complexity index is 1350. The number of rotatable bonds is 7. The number of imidazole rings is 1. The molecule has 3 aromatic carbocycles. The lowest BCUT2D eigenvalue weighted by Crippen LogP contribution is -1.91. The second-order valence-electron chi connectivity index (χ2n) is 7.10. The second kappa shape index (κ2) is 10.7. The van der Waals surface area contributed by atoms with E-state index in [-0.39, 0.29) is 5.75 Å². The molecular formula is C25H20Br2N4O3. The van der Waals surface area contributed by atoms with Crippen LogP contribution in [0, 0.1) is 0 Å². The van der Waals surface area contributed by atoms with Crippen molar-refractivity contribution in [3.8, 4) is 28.5 Å². The zero-order chi connectivity index (χ0) is 24.1. The topological polar surface area (TPSA) is 81.2 Å². The van der Waals surface area contributed by atoms with E-state index in [0.717, 1.165) is 27.1 Å². The van der Waals surface area contributed by atoms with E-state index >= 15 is 0 Å². The number of halogens is 2. The van der Waals surface area contributed by atoms with Crippen molar-refractivity contribution in [3.63, 3.8) is 0 Å². The third-order valence-corrected chi connectivity index (χ3v) is 5.94. The number of aliphatic imine (C=N–C) groups is 1. The first-order valence-electron chi connectivity index (χ1n) is 10.1. The summed E-state index contributed by atoms with van der Waals surface area (Å²) in [6.07, 6.45) is 5.06. The lowest BCUT2D eigenvalue weighted by molar-refractivity contribution is 0.414.